The smallest absolute Gasteiger partial charge is 0.253 e. The fraction of sp³-hybridized carbons (Fsp3) is 0.350. The van der Waals surface area contributed by atoms with Crippen molar-refractivity contribution in [2.75, 3.05) is 19.6 Å². The summed E-state index contributed by atoms with van der Waals surface area (Å²) in [5.74, 6) is 0.452. The zero-order valence-corrected chi connectivity index (χ0v) is 14.4. The lowest BCUT2D eigenvalue weighted by Gasteiger charge is -2.32. The highest BCUT2D eigenvalue weighted by molar-refractivity contribution is 5.95. The highest BCUT2D eigenvalue weighted by Gasteiger charge is 2.24. The molecule has 2 heterocycles. The van der Waals surface area contributed by atoms with Gasteiger partial charge < -0.3 is 10.2 Å². The first-order chi connectivity index (χ1) is 12.1. The van der Waals surface area contributed by atoms with Crippen LogP contribution in [0.15, 0.2) is 48.8 Å². The summed E-state index contributed by atoms with van der Waals surface area (Å²) < 4.78 is 0. The van der Waals surface area contributed by atoms with Crippen molar-refractivity contribution in [3.05, 3.63) is 65.5 Å². The van der Waals surface area contributed by atoms with Crippen LogP contribution in [0.3, 0.4) is 0 Å². The fourth-order valence-corrected chi connectivity index (χ4v) is 3.18. The van der Waals surface area contributed by atoms with Gasteiger partial charge in [0, 0.05) is 43.2 Å². The summed E-state index contributed by atoms with van der Waals surface area (Å²) in [5.41, 5.74) is 2.40. The Labute approximate surface area is 148 Å². The molecule has 0 bridgehead atoms. The Balaban J connectivity index is 1.47. The number of piperidine rings is 1. The minimum atomic E-state index is -0.0200. The van der Waals surface area contributed by atoms with Crippen LogP contribution < -0.4 is 5.32 Å². The Hall–Kier alpha value is -2.69. The molecule has 0 saturated carbocycles. The zero-order valence-electron chi connectivity index (χ0n) is 14.4. The van der Waals surface area contributed by atoms with Crippen LogP contribution in [0.25, 0.3) is 0 Å². The molecule has 0 unspecified atom stereocenters. The molecule has 1 fully saturated rings. The molecule has 1 aliphatic rings. The van der Waals surface area contributed by atoms with Crippen molar-refractivity contribution in [1.82, 2.24) is 15.2 Å². The van der Waals surface area contributed by atoms with Crippen LogP contribution in [0.1, 0.15) is 39.1 Å². The van der Waals surface area contributed by atoms with Gasteiger partial charge in [-0.3, -0.25) is 14.6 Å². The number of benzene rings is 1. The Morgan fingerprint density at radius 3 is 2.48 bits per heavy atom. The largest absolute Gasteiger partial charge is 0.352 e. The van der Waals surface area contributed by atoms with Crippen molar-refractivity contribution in [2.45, 2.75) is 19.8 Å². The van der Waals surface area contributed by atoms with Crippen LogP contribution in [0.2, 0.25) is 0 Å². The van der Waals surface area contributed by atoms with E-state index >= 15 is 0 Å². The third-order valence-electron chi connectivity index (χ3n) is 4.77. The van der Waals surface area contributed by atoms with Crippen LogP contribution in [0, 0.1) is 12.8 Å². The quantitative estimate of drug-likeness (QED) is 0.933. The van der Waals surface area contributed by atoms with Gasteiger partial charge in [-0.1, -0.05) is 18.2 Å². The first-order valence-corrected chi connectivity index (χ1v) is 8.68. The maximum Gasteiger partial charge on any atom is 0.253 e. The summed E-state index contributed by atoms with van der Waals surface area (Å²) in [6.45, 7) is 4.06. The second kappa shape index (κ2) is 7.92. The number of carbonyl (C=O) groups is 2. The number of pyridine rings is 1. The Bertz CT molecular complexity index is 738. The second-order valence-corrected chi connectivity index (χ2v) is 6.50. The number of hydrogen-bond acceptors (Lipinski definition) is 3. The normalized spacial score (nSPS) is 15.0. The molecule has 1 saturated heterocycles. The van der Waals surface area contributed by atoms with Gasteiger partial charge in [-0.05, 0) is 49.4 Å². The maximum absolute atomic E-state index is 12.4. The lowest BCUT2D eigenvalue weighted by molar-refractivity contribution is 0.0684. The molecular formula is C20H23N3O2. The number of carbonyl (C=O) groups excluding carboxylic acids is 2. The average molecular weight is 337 g/mol. The van der Waals surface area contributed by atoms with E-state index in [0.29, 0.717) is 18.0 Å². The van der Waals surface area contributed by atoms with Crippen LogP contribution in [-0.4, -0.2) is 41.3 Å². The monoisotopic (exact) mass is 337 g/mol. The van der Waals surface area contributed by atoms with E-state index in [-0.39, 0.29) is 11.8 Å². The number of likely N-dealkylation sites (tertiary alicyclic amines) is 1. The summed E-state index contributed by atoms with van der Waals surface area (Å²) in [7, 11) is 0. The molecule has 0 aliphatic carbocycles. The number of nitrogens with one attached hydrogen (secondary N) is 1. The summed E-state index contributed by atoms with van der Waals surface area (Å²) in [4.78, 5) is 30.5. The first kappa shape index (κ1) is 17.1. The van der Waals surface area contributed by atoms with Crippen molar-refractivity contribution in [2.24, 2.45) is 5.92 Å². The number of rotatable bonds is 4. The Morgan fingerprint density at radius 2 is 1.80 bits per heavy atom. The molecule has 0 radical (unpaired) electrons. The van der Waals surface area contributed by atoms with Crippen LogP contribution in [0.5, 0.6) is 0 Å². The van der Waals surface area contributed by atoms with Crippen molar-refractivity contribution >= 4 is 11.8 Å². The molecule has 1 aliphatic heterocycles. The predicted octanol–water partition coefficient (Wildman–Crippen LogP) is 2.67. The van der Waals surface area contributed by atoms with E-state index in [2.05, 4.69) is 10.3 Å². The molecule has 5 nitrogen and oxygen atoms in total. The van der Waals surface area contributed by atoms with E-state index in [1.165, 1.54) is 0 Å². The lowest BCUT2D eigenvalue weighted by Crippen LogP contribution is -2.41. The van der Waals surface area contributed by atoms with Crippen LogP contribution >= 0.6 is 0 Å². The first-order valence-electron chi connectivity index (χ1n) is 8.68. The molecule has 5 heteroatoms. The highest BCUT2D eigenvalue weighted by atomic mass is 16.2. The second-order valence-electron chi connectivity index (χ2n) is 6.50. The van der Waals surface area contributed by atoms with Gasteiger partial charge in [0.05, 0.1) is 0 Å². The van der Waals surface area contributed by atoms with Gasteiger partial charge in [0.15, 0.2) is 0 Å². The van der Waals surface area contributed by atoms with E-state index in [4.69, 9.17) is 0 Å². The lowest BCUT2D eigenvalue weighted by atomic mass is 9.96. The molecule has 0 spiro atoms. The average Bonchev–Trinajstić information content (AvgIpc) is 2.67. The number of aryl methyl sites for hydroxylation is 1. The molecule has 2 amide bonds. The summed E-state index contributed by atoms with van der Waals surface area (Å²) >= 11 is 0. The van der Waals surface area contributed by atoms with Crippen LogP contribution in [-0.2, 0) is 0 Å². The third-order valence-corrected chi connectivity index (χ3v) is 4.77. The van der Waals surface area contributed by atoms with Gasteiger partial charge in [-0.25, -0.2) is 0 Å². The van der Waals surface area contributed by atoms with Crippen LogP contribution in [0.4, 0.5) is 0 Å². The fourth-order valence-electron chi connectivity index (χ4n) is 3.18. The zero-order chi connectivity index (χ0) is 17.6. The molecule has 2 aromatic rings. The molecule has 25 heavy (non-hydrogen) atoms. The van der Waals surface area contributed by atoms with E-state index < -0.39 is 0 Å². The van der Waals surface area contributed by atoms with Crippen molar-refractivity contribution in [3.8, 4) is 0 Å². The highest BCUT2D eigenvalue weighted by Crippen LogP contribution is 2.18. The van der Waals surface area contributed by atoms with E-state index in [9.17, 15) is 9.59 Å². The van der Waals surface area contributed by atoms with Crippen molar-refractivity contribution < 1.29 is 9.59 Å². The SMILES string of the molecule is Cc1ccccc1C(=O)NCC1CCN(C(=O)c2ccncc2)CC1. The topological polar surface area (TPSA) is 62.3 Å². The molecule has 0 atom stereocenters. The third kappa shape index (κ3) is 4.24. The van der Waals surface area contributed by atoms with Gasteiger partial charge in [-0.2, -0.15) is 0 Å². The Kier molecular flexibility index (Phi) is 5.43. The molecule has 1 aromatic carbocycles. The van der Waals surface area contributed by atoms with Gasteiger partial charge in [0.1, 0.15) is 0 Å². The summed E-state index contributed by atoms with van der Waals surface area (Å²) in [6.07, 6.45) is 5.10. The number of nitrogens with zero attached hydrogens (tertiary/aromatic N) is 2. The van der Waals surface area contributed by atoms with Gasteiger partial charge in [-0.15, -0.1) is 0 Å². The standard InChI is InChI=1S/C20H23N3O2/c1-15-4-2-3-5-18(15)19(24)22-14-16-8-12-23(13-9-16)20(25)17-6-10-21-11-7-17/h2-7,10-11,16H,8-9,12-14H2,1H3,(H,22,24). The minimum Gasteiger partial charge on any atom is -0.352 e. The number of aromatic nitrogens is 1. The predicted molar refractivity (Wildman–Crippen MR) is 96.4 cm³/mol. The molecule has 1 aromatic heterocycles. The maximum atomic E-state index is 12.4. The van der Waals surface area contributed by atoms with E-state index in [1.54, 1.807) is 24.5 Å². The molecule has 130 valence electrons. The van der Waals surface area contributed by atoms with E-state index in [1.807, 2.05) is 36.1 Å². The molecule has 1 N–H and O–H groups in total. The molecule has 3 rings (SSSR count). The number of hydrogen-bond donors (Lipinski definition) is 1. The summed E-state index contributed by atoms with van der Waals surface area (Å²) in [6, 6.07) is 11.1. The Morgan fingerprint density at radius 1 is 1.12 bits per heavy atom. The van der Waals surface area contributed by atoms with E-state index in [0.717, 1.165) is 37.1 Å². The van der Waals surface area contributed by atoms with Gasteiger partial charge in [0.25, 0.3) is 11.8 Å². The van der Waals surface area contributed by atoms with Gasteiger partial charge in [0.2, 0.25) is 0 Å². The summed E-state index contributed by atoms with van der Waals surface area (Å²) in [5, 5.41) is 3.03. The minimum absolute atomic E-state index is 0.0200. The van der Waals surface area contributed by atoms with Gasteiger partial charge >= 0.3 is 0 Å². The van der Waals surface area contributed by atoms with Crippen molar-refractivity contribution in [3.63, 3.8) is 0 Å². The molecular weight excluding hydrogens is 314 g/mol. The number of amides is 2. The van der Waals surface area contributed by atoms with Crippen molar-refractivity contribution in [1.29, 1.82) is 0 Å².